The highest BCUT2D eigenvalue weighted by Crippen LogP contribution is 2.15. The van der Waals surface area contributed by atoms with Crippen LogP contribution in [0.15, 0.2) is 63.2 Å². The maximum absolute atomic E-state index is 12.9. The number of imidazole rings is 1. The molecule has 0 saturated carbocycles. The van der Waals surface area contributed by atoms with Crippen molar-refractivity contribution in [3.05, 3.63) is 75.1 Å². The number of H-pyrrole nitrogens is 2. The van der Waals surface area contributed by atoms with Gasteiger partial charge in [0.15, 0.2) is 0 Å². The van der Waals surface area contributed by atoms with Gasteiger partial charge in [-0.2, -0.15) is 10.4 Å². The summed E-state index contributed by atoms with van der Waals surface area (Å²) in [7, 11) is 1.70. The van der Waals surface area contributed by atoms with E-state index in [9.17, 15) is 19.6 Å². The van der Waals surface area contributed by atoms with E-state index in [1.807, 2.05) is 6.07 Å². The molecule has 0 radical (unpaired) electrons. The number of aromatic nitrogens is 4. The van der Waals surface area contributed by atoms with Crippen molar-refractivity contribution in [2.24, 2.45) is 12.1 Å². The Morgan fingerprint density at radius 1 is 1.09 bits per heavy atom. The molecule has 0 fully saturated rings. The van der Waals surface area contributed by atoms with Crippen LogP contribution < -0.4 is 22.0 Å². The quantitative estimate of drug-likeness (QED) is 0.280. The van der Waals surface area contributed by atoms with Crippen molar-refractivity contribution >= 4 is 34.0 Å². The normalized spacial score (nSPS) is 11.3. The SMILES string of the molecule is Cc1c(NC(=O)/C(C#N)=N/Nc2ccc3[nH]c(=O)[nH]c3c2)c(=O)n(-c2ccccc2)n1C. The smallest absolute Gasteiger partial charge is 0.314 e. The van der Waals surface area contributed by atoms with Gasteiger partial charge in [-0.05, 0) is 37.3 Å². The second-order valence-electron chi connectivity index (χ2n) is 6.91. The third-order valence-electron chi connectivity index (χ3n) is 4.93. The lowest BCUT2D eigenvalue weighted by Crippen LogP contribution is -2.27. The Kier molecular flexibility index (Phi) is 5.18. The van der Waals surface area contributed by atoms with Crippen LogP contribution in [0.1, 0.15) is 5.69 Å². The first kappa shape index (κ1) is 20.4. The molecule has 11 heteroatoms. The second kappa shape index (κ2) is 8.11. The predicted octanol–water partition coefficient (Wildman–Crippen LogP) is 1.58. The molecule has 4 rings (SSSR count). The lowest BCUT2D eigenvalue weighted by molar-refractivity contribution is -0.110. The van der Waals surface area contributed by atoms with E-state index in [4.69, 9.17) is 0 Å². The van der Waals surface area contributed by atoms with Gasteiger partial charge in [0.25, 0.3) is 11.5 Å². The highest BCUT2D eigenvalue weighted by Gasteiger charge is 2.20. The van der Waals surface area contributed by atoms with Crippen molar-refractivity contribution < 1.29 is 4.79 Å². The second-order valence-corrected chi connectivity index (χ2v) is 6.91. The van der Waals surface area contributed by atoms with Crippen LogP contribution in [0.4, 0.5) is 11.4 Å². The number of aromatic amines is 2. The first-order valence-corrected chi connectivity index (χ1v) is 9.50. The standard InChI is InChI=1S/C21H18N8O3/c1-12-18(20(31)29(28(12)2)14-6-4-3-5-7-14)25-19(30)17(11-22)27-26-13-8-9-15-16(10-13)24-21(32)23-15/h3-10,26H,1-2H3,(H,25,30)(H2,23,24,32)/b27-17+. The highest BCUT2D eigenvalue weighted by molar-refractivity contribution is 6.48. The van der Waals surface area contributed by atoms with Crippen molar-refractivity contribution in [1.82, 2.24) is 19.3 Å². The molecular formula is C21H18N8O3. The van der Waals surface area contributed by atoms with Gasteiger partial charge in [-0.15, -0.1) is 0 Å². The number of anilines is 2. The van der Waals surface area contributed by atoms with Gasteiger partial charge in [0.05, 0.1) is 28.1 Å². The molecule has 0 aliphatic carbocycles. The molecule has 2 aromatic heterocycles. The molecule has 2 aromatic carbocycles. The summed E-state index contributed by atoms with van der Waals surface area (Å²) in [4.78, 5) is 42.1. The molecule has 0 spiro atoms. The van der Waals surface area contributed by atoms with E-state index in [1.54, 1.807) is 67.2 Å². The van der Waals surface area contributed by atoms with Gasteiger partial charge >= 0.3 is 5.69 Å². The van der Waals surface area contributed by atoms with E-state index in [1.165, 1.54) is 4.68 Å². The number of carbonyl (C=O) groups excluding carboxylic acids is 1. The average Bonchev–Trinajstić information content (AvgIpc) is 3.26. The van der Waals surface area contributed by atoms with Crippen LogP contribution in [0, 0.1) is 18.3 Å². The largest absolute Gasteiger partial charge is 0.323 e. The number of amides is 1. The first-order chi connectivity index (χ1) is 15.4. The molecule has 0 saturated heterocycles. The molecule has 0 unspecified atom stereocenters. The fourth-order valence-corrected chi connectivity index (χ4v) is 3.23. The van der Waals surface area contributed by atoms with Gasteiger partial charge in [0, 0.05) is 7.05 Å². The fourth-order valence-electron chi connectivity index (χ4n) is 3.23. The third-order valence-corrected chi connectivity index (χ3v) is 4.93. The summed E-state index contributed by atoms with van der Waals surface area (Å²) in [6.07, 6.45) is 0. The molecule has 11 nitrogen and oxygen atoms in total. The maximum atomic E-state index is 12.9. The Hall–Kier alpha value is -4.85. The number of carbonyl (C=O) groups is 1. The number of para-hydroxylation sites is 1. The summed E-state index contributed by atoms with van der Waals surface area (Å²) >= 11 is 0. The fraction of sp³-hybridized carbons (Fsp3) is 0.0952. The Labute approximate surface area is 180 Å². The molecule has 4 aromatic rings. The number of nitriles is 1. The highest BCUT2D eigenvalue weighted by atomic mass is 16.2. The van der Waals surface area contributed by atoms with Gasteiger partial charge in [-0.25, -0.2) is 9.48 Å². The molecular weight excluding hydrogens is 412 g/mol. The van der Waals surface area contributed by atoms with Crippen molar-refractivity contribution in [2.75, 3.05) is 10.7 Å². The molecule has 0 atom stereocenters. The number of nitrogens with zero attached hydrogens (tertiary/aromatic N) is 4. The van der Waals surface area contributed by atoms with Crippen molar-refractivity contribution in [3.8, 4) is 11.8 Å². The molecule has 160 valence electrons. The zero-order chi connectivity index (χ0) is 22.8. The lowest BCUT2D eigenvalue weighted by Gasteiger charge is -2.07. The van der Waals surface area contributed by atoms with Crippen molar-refractivity contribution in [1.29, 1.82) is 5.26 Å². The van der Waals surface area contributed by atoms with Gasteiger partial charge < -0.3 is 15.3 Å². The number of benzene rings is 2. The van der Waals surface area contributed by atoms with Gasteiger partial charge in [-0.1, -0.05) is 18.2 Å². The number of rotatable bonds is 5. The molecule has 4 N–H and O–H groups in total. The summed E-state index contributed by atoms with van der Waals surface area (Å²) < 4.78 is 3.03. The minimum Gasteiger partial charge on any atom is -0.314 e. The number of fused-ring (bicyclic) bond motifs is 1. The average molecular weight is 430 g/mol. The van der Waals surface area contributed by atoms with E-state index in [2.05, 4.69) is 25.8 Å². The van der Waals surface area contributed by atoms with E-state index in [0.29, 0.717) is 28.1 Å². The molecule has 0 aliphatic heterocycles. The topological polar surface area (TPSA) is 153 Å². The molecule has 0 bridgehead atoms. The van der Waals surface area contributed by atoms with Crippen molar-refractivity contribution in [3.63, 3.8) is 0 Å². The van der Waals surface area contributed by atoms with Crippen LogP contribution in [0.25, 0.3) is 16.7 Å². The lowest BCUT2D eigenvalue weighted by atomic mass is 10.3. The summed E-state index contributed by atoms with van der Waals surface area (Å²) in [5.74, 6) is -0.831. The molecule has 32 heavy (non-hydrogen) atoms. The maximum Gasteiger partial charge on any atom is 0.323 e. The van der Waals surface area contributed by atoms with Crippen LogP contribution in [-0.2, 0) is 11.8 Å². The summed E-state index contributed by atoms with van der Waals surface area (Å²) in [6, 6.07) is 15.6. The van der Waals surface area contributed by atoms with E-state index in [0.717, 1.165) is 0 Å². The van der Waals surface area contributed by atoms with Gasteiger partial charge in [-0.3, -0.25) is 19.7 Å². The number of nitrogens with one attached hydrogen (secondary N) is 4. The minimum atomic E-state index is -0.831. The molecule has 2 heterocycles. The Bertz CT molecular complexity index is 1510. The Morgan fingerprint density at radius 2 is 1.81 bits per heavy atom. The zero-order valence-electron chi connectivity index (χ0n) is 17.1. The van der Waals surface area contributed by atoms with E-state index >= 15 is 0 Å². The Morgan fingerprint density at radius 3 is 2.53 bits per heavy atom. The third kappa shape index (κ3) is 3.68. The number of hydrogen-bond acceptors (Lipinski definition) is 6. The number of hydrazone groups is 1. The minimum absolute atomic E-state index is 0.0515. The van der Waals surface area contributed by atoms with Crippen molar-refractivity contribution in [2.45, 2.75) is 6.92 Å². The molecule has 1 amide bonds. The van der Waals surface area contributed by atoms with E-state index in [-0.39, 0.29) is 11.4 Å². The summed E-state index contributed by atoms with van der Waals surface area (Å²) in [6.45, 7) is 1.69. The van der Waals surface area contributed by atoms with Crippen LogP contribution in [-0.4, -0.2) is 31.0 Å². The summed E-state index contributed by atoms with van der Waals surface area (Å²) in [5, 5.41) is 15.7. The monoisotopic (exact) mass is 430 g/mol. The van der Waals surface area contributed by atoms with E-state index < -0.39 is 17.2 Å². The van der Waals surface area contributed by atoms with Gasteiger partial charge in [0.1, 0.15) is 11.8 Å². The van der Waals surface area contributed by atoms with Crippen LogP contribution in [0.2, 0.25) is 0 Å². The molecule has 0 aliphatic rings. The van der Waals surface area contributed by atoms with Crippen LogP contribution in [0.5, 0.6) is 0 Å². The summed E-state index contributed by atoms with van der Waals surface area (Å²) in [5.41, 5.74) is 4.17. The Balaban J connectivity index is 1.59. The van der Waals surface area contributed by atoms with Crippen LogP contribution in [0.3, 0.4) is 0 Å². The zero-order valence-corrected chi connectivity index (χ0v) is 17.1. The van der Waals surface area contributed by atoms with Gasteiger partial charge in [0.2, 0.25) is 5.71 Å². The van der Waals surface area contributed by atoms with Crippen LogP contribution >= 0.6 is 0 Å². The first-order valence-electron chi connectivity index (χ1n) is 9.50. The number of hydrogen-bond donors (Lipinski definition) is 4. The predicted molar refractivity (Wildman–Crippen MR) is 120 cm³/mol.